The number of nitrogens with two attached hydrogens (primary N) is 1. The highest BCUT2D eigenvalue weighted by molar-refractivity contribution is 7.89. The molecule has 0 saturated carbocycles. The van der Waals surface area contributed by atoms with Gasteiger partial charge in [-0.1, -0.05) is 30.3 Å². The highest BCUT2D eigenvalue weighted by Gasteiger charge is 2.14. The zero-order chi connectivity index (χ0) is 21.6. The molecule has 0 bridgehead atoms. The molecule has 1 atom stereocenters. The van der Waals surface area contributed by atoms with Crippen molar-refractivity contribution in [2.45, 2.75) is 24.5 Å². The average Bonchev–Trinajstić information content (AvgIpc) is 2.73. The molecule has 0 spiro atoms. The molecule has 0 aromatic heterocycles. The van der Waals surface area contributed by atoms with E-state index >= 15 is 0 Å². The van der Waals surface area contributed by atoms with Crippen molar-refractivity contribution in [3.05, 3.63) is 84.4 Å². The van der Waals surface area contributed by atoms with E-state index in [0.29, 0.717) is 12.3 Å². The van der Waals surface area contributed by atoms with Crippen LogP contribution in [0, 0.1) is 0 Å². The van der Waals surface area contributed by atoms with E-state index in [4.69, 9.17) is 9.88 Å². The van der Waals surface area contributed by atoms with E-state index in [-0.39, 0.29) is 10.8 Å². The van der Waals surface area contributed by atoms with Gasteiger partial charge in [0.2, 0.25) is 15.9 Å². The fraction of sp³-hybridized carbons (Fsp3) is 0.136. The van der Waals surface area contributed by atoms with Crippen LogP contribution in [-0.2, 0) is 21.4 Å². The normalized spacial score (nSPS) is 12.1. The number of hydrogen-bond donors (Lipinski definition) is 3. The molecule has 3 aromatic carbocycles. The number of rotatable bonds is 8. The van der Waals surface area contributed by atoms with Gasteiger partial charge in [-0.2, -0.15) is 0 Å². The van der Waals surface area contributed by atoms with Crippen LogP contribution >= 0.6 is 0 Å². The Kier molecular flexibility index (Phi) is 6.71. The Morgan fingerprint density at radius 3 is 2.13 bits per heavy atom. The van der Waals surface area contributed by atoms with Gasteiger partial charge in [0.15, 0.2) is 0 Å². The summed E-state index contributed by atoms with van der Waals surface area (Å²) in [4.78, 5) is 12.4. The standard InChI is InChI=1S/C22H23N3O4S/c1-16(22(26)25-19-9-13-21(14-10-19)30(23,27)28)24-18-7-11-20(12-8-18)29-15-17-5-3-2-4-6-17/h2-14,16,24H,15H2,1H3,(H,25,26)(H2,23,27,28). The number of sulfonamides is 1. The lowest BCUT2D eigenvalue weighted by Gasteiger charge is -2.16. The summed E-state index contributed by atoms with van der Waals surface area (Å²) in [6.07, 6.45) is 0. The number of carbonyl (C=O) groups excluding carboxylic acids is 1. The zero-order valence-electron chi connectivity index (χ0n) is 16.4. The fourth-order valence-corrected chi connectivity index (χ4v) is 3.20. The van der Waals surface area contributed by atoms with Crippen LogP contribution in [0.15, 0.2) is 83.8 Å². The number of carbonyl (C=O) groups is 1. The summed E-state index contributed by atoms with van der Waals surface area (Å²) in [5.74, 6) is 0.471. The van der Waals surface area contributed by atoms with Gasteiger partial charge in [-0.25, -0.2) is 13.6 Å². The molecule has 8 heteroatoms. The van der Waals surface area contributed by atoms with Gasteiger partial charge >= 0.3 is 0 Å². The molecule has 0 radical (unpaired) electrons. The number of ether oxygens (including phenoxy) is 1. The van der Waals surface area contributed by atoms with Crippen LogP contribution in [0.3, 0.4) is 0 Å². The summed E-state index contributed by atoms with van der Waals surface area (Å²) in [5.41, 5.74) is 2.34. The molecule has 1 unspecified atom stereocenters. The lowest BCUT2D eigenvalue weighted by atomic mass is 10.2. The third-order valence-corrected chi connectivity index (χ3v) is 5.26. The predicted molar refractivity (Wildman–Crippen MR) is 117 cm³/mol. The Balaban J connectivity index is 1.52. The summed E-state index contributed by atoms with van der Waals surface area (Å²) in [6, 6.07) is 22.4. The number of amides is 1. The molecule has 0 aliphatic rings. The Bertz CT molecular complexity index is 1080. The van der Waals surface area contributed by atoms with Gasteiger partial charge in [-0.3, -0.25) is 4.79 Å². The van der Waals surface area contributed by atoms with E-state index in [1.54, 1.807) is 6.92 Å². The van der Waals surface area contributed by atoms with E-state index in [2.05, 4.69) is 10.6 Å². The molecule has 0 saturated heterocycles. The van der Waals surface area contributed by atoms with Crippen molar-refractivity contribution >= 4 is 27.3 Å². The third kappa shape index (κ3) is 6.07. The van der Waals surface area contributed by atoms with Crippen molar-refractivity contribution in [1.29, 1.82) is 0 Å². The van der Waals surface area contributed by atoms with Gasteiger partial charge in [-0.05, 0) is 61.0 Å². The smallest absolute Gasteiger partial charge is 0.246 e. The fourth-order valence-electron chi connectivity index (χ4n) is 2.68. The van der Waals surface area contributed by atoms with Crippen LogP contribution in [0.2, 0.25) is 0 Å². The molecular weight excluding hydrogens is 402 g/mol. The van der Waals surface area contributed by atoms with E-state index in [1.807, 2.05) is 54.6 Å². The van der Waals surface area contributed by atoms with Crippen molar-refractivity contribution < 1.29 is 17.9 Å². The second-order valence-corrected chi connectivity index (χ2v) is 8.28. The zero-order valence-corrected chi connectivity index (χ0v) is 17.2. The Labute approximate surface area is 175 Å². The quantitative estimate of drug-likeness (QED) is 0.513. The van der Waals surface area contributed by atoms with E-state index < -0.39 is 16.1 Å². The SMILES string of the molecule is CC(Nc1ccc(OCc2ccccc2)cc1)C(=O)Nc1ccc(S(N)(=O)=O)cc1. The summed E-state index contributed by atoms with van der Waals surface area (Å²) >= 11 is 0. The lowest BCUT2D eigenvalue weighted by Crippen LogP contribution is -2.31. The predicted octanol–water partition coefficient (Wildman–Crippen LogP) is 3.35. The van der Waals surface area contributed by atoms with E-state index in [0.717, 1.165) is 17.0 Å². The molecule has 156 valence electrons. The Morgan fingerprint density at radius 2 is 1.53 bits per heavy atom. The van der Waals surface area contributed by atoms with Gasteiger partial charge in [0.05, 0.1) is 4.90 Å². The molecule has 0 heterocycles. The Morgan fingerprint density at radius 1 is 0.933 bits per heavy atom. The van der Waals surface area contributed by atoms with Crippen LogP contribution in [0.4, 0.5) is 11.4 Å². The molecule has 0 fully saturated rings. The molecule has 0 aliphatic heterocycles. The third-order valence-electron chi connectivity index (χ3n) is 4.33. The molecular formula is C22H23N3O4S. The van der Waals surface area contributed by atoms with Crippen molar-refractivity contribution in [1.82, 2.24) is 0 Å². The van der Waals surface area contributed by atoms with Crippen LogP contribution in [0.5, 0.6) is 5.75 Å². The second-order valence-electron chi connectivity index (χ2n) is 6.72. The first-order chi connectivity index (χ1) is 14.3. The van der Waals surface area contributed by atoms with Crippen LogP contribution in [0.1, 0.15) is 12.5 Å². The van der Waals surface area contributed by atoms with Gasteiger partial charge in [0.1, 0.15) is 18.4 Å². The molecule has 30 heavy (non-hydrogen) atoms. The first-order valence-electron chi connectivity index (χ1n) is 9.28. The maximum atomic E-state index is 12.4. The molecule has 7 nitrogen and oxygen atoms in total. The van der Waals surface area contributed by atoms with Crippen LogP contribution in [-0.4, -0.2) is 20.4 Å². The lowest BCUT2D eigenvalue weighted by molar-refractivity contribution is -0.116. The average molecular weight is 426 g/mol. The van der Waals surface area contributed by atoms with Gasteiger partial charge in [0.25, 0.3) is 0 Å². The molecule has 4 N–H and O–H groups in total. The molecule has 0 aliphatic carbocycles. The van der Waals surface area contributed by atoms with Gasteiger partial charge in [0, 0.05) is 11.4 Å². The van der Waals surface area contributed by atoms with Crippen molar-refractivity contribution in [3.8, 4) is 5.75 Å². The first kappa shape index (κ1) is 21.4. The van der Waals surface area contributed by atoms with Gasteiger partial charge in [-0.15, -0.1) is 0 Å². The monoisotopic (exact) mass is 425 g/mol. The number of benzene rings is 3. The molecule has 3 aromatic rings. The summed E-state index contributed by atoms with van der Waals surface area (Å²) < 4.78 is 28.3. The maximum absolute atomic E-state index is 12.4. The van der Waals surface area contributed by atoms with Crippen LogP contribution < -0.4 is 20.5 Å². The summed E-state index contributed by atoms with van der Waals surface area (Å²) in [5, 5.41) is 10.9. The highest BCUT2D eigenvalue weighted by Crippen LogP contribution is 2.18. The minimum atomic E-state index is -3.76. The maximum Gasteiger partial charge on any atom is 0.246 e. The second kappa shape index (κ2) is 9.43. The van der Waals surface area contributed by atoms with E-state index in [9.17, 15) is 13.2 Å². The van der Waals surface area contributed by atoms with Crippen LogP contribution in [0.25, 0.3) is 0 Å². The molecule has 1 amide bonds. The number of primary sulfonamides is 1. The minimum Gasteiger partial charge on any atom is -0.489 e. The Hall–Kier alpha value is -3.36. The summed E-state index contributed by atoms with van der Waals surface area (Å²) in [6.45, 7) is 2.21. The highest BCUT2D eigenvalue weighted by atomic mass is 32.2. The largest absolute Gasteiger partial charge is 0.489 e. The van der Waals surface area contributed by atoms with Crippen molar-refractivity contribution in [2.24, 2.45) is 5.14 Å². The van der Waals surface area contributed by atoms with Gasteiger partial charge < -0.3 is 15.4 Å². The number of anilines is 2. The first-order valence-corrected chi connectivity index (χ1v) is 10.8. The number of hydrogen-bond acceptors (Lipinski definition) is 5. The van der Waals surface area contributed by atoms with E-state index in [1.165, 1.54) is 24.3 Å². The number of nitrogens with one attached hydrogen (secondary N) is 2. The summed E-state index contributed by atoms with van der Waals surface area (Å²) in [7, 11) is -3.76. The minimum absolute atomic E-state index is 0.0127. The molecule has 3 rings (SSSR count). The van der Waals surface area contributed by atoms with Crippen molar-refractivity contribution in [2.75, 3.05) is 10.6 Å². The van der Waals surface area contributed by atoms with Crippen molar-refractivity contribution in [3.63, 3.8) is 0 Å². The topological polar surface area (TPSA) is 111 Å².